The molecule has 94 valence electrons. The third kappa shape index (κ3) is 2.72. The summed E-state index contributed by atoms with van der Waals surface area (Å²) in [5.74, 6) is 0. The summed E-state index contributed by atoms with van der Waals surface area (Å²) in [6.45, 7) is 0. The molecule has 0 unspecified atom stereocenters. The van der Waals surface area contributed by atoms with E-state index in [1.165, 1.54) is 24.3 Å². The molecule has 6 heteroatoms. The summed E-state index contributed by atoms with van der Waals surface area (Å²) in [5.41, 5.74) is 12.4. The van der Waals surface area contributed by atoms with Crippen molar-refractivity contribution >= 4 is 27.1 Å². The molecule has 0 atom stereocenters. The minimum atomic E-state index is -3.61. The number of anilines is 3. The lowest BCUT2D eigenvalue weighted by atomic mass is 10.2. The Morgan fingerprint density at radius 1 is 0.889 bits per heavy atom. The van der Waals surface area contributed by atoms with Crippen molar-refractivity contribution in [3.05, 3.63) is 48.5 Å². The third-order valence-electron chi connectivity index (χ3n) is 2.28. The van der Waals surface area contributed by atoms with Crippen LogP contribution in [0.2, 0.25) is 0 Å². The predicted octanol–water partition coefficient (Wildman–Crippen LogP) is 1.65. The molecule has 0 bridgehead atoms. The van der Waals surface area contributed by atoms with Crippen molar-refractivity contribution in [1.82, 2.24) is 0 Å². The Hall–Kier alpha value is -2.21. The van der Waals surface area contributed by atoms with Crippen LogP contribution in [0.15, 0.2) is 53.4 Å². The zero-order valence-corrected chi connectivity index (χ0v) is 10.3. The van der Waals surface area contributed by atoms with E-state index in [2.05, 4.69) is 4.72 Å². The van der Waals surface area contributed by atoms with Gasteiger partial charge in [0, 0.05) is 11.4 Å². The summed E-state index contributed by atoms with van der Waals surface area (Å²) in [6, 6.07) is 12.7. The second-order valence-electron chi connectivity index (χ2n) is 3.81. The molecule has 18 heavy (non-hydrogen) atoms. The van der Waals surface area contributed by atoms with E-state index in [1.807, 2.05) is 0 Å². The normalized spacial score (nSPS) is 11.1. The molecule has 0 aliphatic carbocycles. The Labute approximate surface area is 105 Å². The van der Waals surface area contributed by atoms with Gasteiger partial charge in [-0.15, -0.1) is 0 Å². The van der Waals surface area contributed by atoms with Gasteiger partial charge >= 0.3 is 0 Å². The van der Waals surface area contributed by atoms with Crippen molar-refractivity contribution in [1.29, 1.82) is 0 Å². The van der Waals surface area contributed by atoms with Gasteiger partial charge in [0.25, 0.3) is 10.0 Å². The maximum absolute atomic E-state index is 12.0. The standard InChI is InChI=1S/C12H13N3O2S/c13-9-6-10(14)8-11(7-9)15-18(16,17)12-4-2-1-3-5-12/h1-8,15H,13-14H2. The highest BCUT2D eigenvalue weighted by molar-refractivity contribution is 7.92. The number of hydrogen-bond acceptors (Lipinski definition) is 4. The smallest absolute Gasteiger partial charge is 0.261 e. The van der Waals surface area contributed by atoms with Gasteiger partial charge in [0.05, 0.1) is 10.6 Å². The van der Waals surface area contributed by atoms with Crippen molar-refractivity contribution in [3.63, 3.8) is 0 Å². The zero-order chi connectivity index (χ0) is 13.2. The van der Waals surface area contributed by atoms with E-state index in [-0.39, 0.29) is 4.90 Å². The van der Waals surface area contributed by atoms with Crippen molar-refractivity contribution in [2.45, 2.75) is 4.90 Å². The summed E-state index contributed by atoms with van der Waals surface area (Å²) in [5, 5.41) is 0. The van der Waals surface area contributed by atoms with Crippen LogP contribution in [0, 0.1) is 0 Å². The van der Waals surface area contributed by atoms with Gasteiger partial charge in [-0.1, -0.05) is 18.2 Å². The van der Waals surface area contributed by atoms with Gasteiger partial charge in [-0.05, 0) is 30.3 Å². The monoisotopic (exact) mass is 263 g/mol. The maximum Gasteiger partial charge on any atom is 0.261 e. The summed E-state index contributed by atoms with van der Waals surface area (Å²) in [7, 11) is -3.61. The largest absolute Gasteiger partial charge is 0.399 e. The van der Waals surface area contributed by atoms with E-state index in [1.54, 1.807) is 24.3 Å². The zero-order valence-electron chi connectivity index (χ0n) is 9.50. The summed E-state index contributed by atoms with van der Waals surface area (Å²) in [6.07, 6.45) is 0. The highest BCUT2D eigenvalue weighted by atomic mass is 32.2. The molecule has 0 aromatic heterocycles. The fourth-order valence-electron chi connectivity index (χ4n) is 1.55. The van der Waals surface area contributed by atoms with Crippen LogP contribution in [-0.4, -0.2) is 8.42 Å². The van der Waals surface area contributed by atoms with Crippen molar-refractivity contribution < 1.29 is 8.42 Å². The van der Waals surface area contributed by atoms with Crippen molar-refractivity contribution in [2.75, 3.05) is 16.2 Å². The molecule has 0 aliphatic heterocycles. The average Bonchev–Trinajstić information content (AvgIpc) is 2.28. The van der Waals surface area contributed by atoms with E-state index in [9.17, 15) is 8.42 Å². The molecule has 0 saturated carbocycles. The van der Waals surface area contributed by atoms with Gasteiger partial charge in [-0.2, -0.15) is 0 Å². The Balaban J connectivity index is 2.34. The topological polar surface area (TPSA) is 98.2 Å². The van der Waals surface area contributed by atoms with Crippen LogP contribution in [0.4, 0.5) is 17.1 Å². The Bertz CT molecular complexity index is 634. The minimum absolute atomic E-state index is 0.186. The first-order chi connectivity index (χ1) is 8.47. The fourth-order valence-corrected chi connectivity index (χ4v) is 2.61. The summed E-state index contributed by atoms with van der Waals surface area (Å²) < 4.78 is 26.5. The number of benzene rings is 2. The average molecular weight is 263 g/mol. The van der Waals surface area contributed by atoms with Crippen LogP contribution in [-0.2, 0) is 10.0 Å². The lowest BCUT2D eigenvalue weighted by Crippen LogP contribution is -2.13. The Morgan fingerprint density at radius 3 is 2.00 bits per heavy atom. The molecule has 5 nitrogen and oxygen atoms in total. The minimum Gasteiger partial charge on any atom is -0.399 e. The number of rotatable bonds is 3. The van der Waals surface area contributed by atoms with E-state index >= 15 is 0 Å². The number of nitrogens with one attached hydrogen (secondary N) is 1. The molecule has 0 heterocycles. The van der Waals surface area contributed by atoms with Crippen LogP contribution in [0.3, 0.4) is 0 Å². The molecular weight excluding hydrogens is 250 g/mol. The third-order valence-corrected chi connectivity index (χ3v) is 3.68. The SMILES string of the molecule is Nc1cc(N)cc(NS(=O)(=O)c2ccccc2)c1. The Morgan fingerprint density at radius 2 is 1.44 bits per heavy atom. The lowest BCUT2D eigenvalue weighted by molar-refractivity contribution is 0.601. The number of nitrogen functional groups attached to an aromatic ring is 2. The first kappa shape index (κ1) is 12.3. The van der Waals surface area contributed by atoms with E-state index in [0.29, 0.717) is 17.1 Å². The fraction of sp³-hybridized carbons (Fsp3) is 0. The molecule has 0 spiro atoms. The molecule has 2 rings (SSSR count). The number of hydrogen-bond donors (Lipinski definition) is 3. The number of nitrogens with two attached hydrogens (primary N) is 2. The lowest BCUT2D eigenvalue weighted by Gasteiger charge is -2.09. The van der Waals surface area contributed by atoms with Crippen LogP contribution < -0.4 is 16.2 Å². The van der Waals surface area contributed by atoms with E-state index < -0.39 is 10.0 Å². The molecule has 5 N–H and O–H groups in total. The molecule has 0 fully saturated rings. The van der Waals surface area contributed by atoms with Gasteiger partial charge in [-0.25, -0.2) is 8.42 Å². The van der Waals surface area contributed by atoms with Gasteiger partial charge in [0.2, 0.25) is 0 Å². The van der Waals surface area contributed by atoms with Crippen LogP contribution in [0.5, 0.6) is 0 Å². The van der Waals surface area contributed by atoms with Gasteiger partial charge in [-0.3, -0.25) is 4.72 Å². The molecular formula is C12H13N3O2S. The molecule has 0 radical (unpaired) electrons. The van der Waals surface area contributed by atoms with Crippen molar-refractivity contribution in [2.24, 2.45) is 0 Å². The second kappa shape index (κ2) is 4.58. The van der Waals surface area contributed by atoms with Gasteiger partial charge in [0.15, 0.2) is 0 Å². The van der Waals surface area contributed by atoms with E-state index in [4.69, 9.17) is 11.5 Å². The molecule has 2 aromatic carbocycles. The predicted molar refractivity (Wildman–Crippen MR) is 72.5 cm³/mol. The summed E-state index contributed by atoms with van der Waals surface area (Å²) in [4.78, 5) is 0.186. The van der Waals surface area contributed by atoms with E-state index in [0.717, 1.165) is 0 Å². The highest BCUT2D eigenvalue weighted by Crippen LogP contribution is 2.21. The Kier molecular flexibility index (Phi) is 3.12. The van der Waals surface area contributed by atoms with Crippen LogP contribution >= 0.6 is 0 Å². The number of sulfonamides is 1. The molecule has 2 aromatic rings. The summed E-state index contributed by atoms with van der Waals surface area (Å²) >= 11 is 0. The van der Waals surface area contributed by atoms with Gasteiger partial charge in [0.1, 0.15) is 0 Å². The first-order valence-corrected chi connectivity index (χ1v) is 6.69. The van der Waals surface area contributed by atoms with Gasteiger partial charge < -0.3 is 11.5 Å². The van der Waals surface area contributed by atoms with Crippen LogP contribution in [0.25, 0.3) is 0 Å². The molecule has 0 amide bonds. The van der Waals surface area contributed by atoms with Crippen molar-refractivity contribution in [3.8, 4) is 0 Å². The molecule has 0 aliphatic rings. The second-order valence-corrected chi connectivity index (χ2v) is 5.49. The quantitative estimate of drug-likeness (QED) is 0.733. The molecule has 0 saturated heterocycles. The first-order valence-electron chi connectivity index (χ1n) is 5.21. The van der Waals surface area contributed by atoms with Crippen LogP contribution in [0.1, 0.15) is 0 Å². The maximum atomic E-state index is 12.0. The highest BCUT2D eigenvalue weighted by Gasteiger charge is 2.13.